The molecule has 1 aromatic rings. The summed E-state index contributed by atoms with van der Waals surface area (Å²) in [6, 6.07) is 6.41. The average molecular weight is 377 g/mol. The fraction of sp³-hybridized carbons (Fsp3) is 0.588. The Hall–Kier alpha value is -1.01. The molecule has 1 N–H and O–H groups in total. The van der Waals surface area contributed by atoms with Crippen molar-refractivity contribution in [2.24, 2.45) is 5.92 Å². The van der Waals surface area contributed by atoms with Gasteiger partial charge in [0.15, 0.2) is 11.5 Å². The van der Waals surface area contributed by atoms with Gasteiger partial charge in [0.25, 0.3) is 0 Å². The molecule has 0 unspecified atom stereocenters. The smallest absolute Gasteiger partial charge is 0.308 e. The maximum atomic E-state index is 11.2. The number of hydrogen-bond donors (Lipinski definition) is 1. The number of halogens is 2. The van der Waals surface area contributed by atoms with E-state index in [0.717, 1.165) is 32.1 Å². The third kappa shape index (κ3) is 4.99. The Labute approximate surface area is 155 Å². The number of esters is 1. The highest BCUT2D eigenvalue weighted by Gasteiger charge is 2.37. The first kappa shape index (κ1) is 21.0. The van der Waals surface area contributed by atoms with Crippen molar-refractivity contribution in [1.29, 1.82) is 0 Å². The molecule has 1 heterocycles. The second-order valence-electron chi connectivity index (χ2n) is 6.07. The molecule has 5 nitrogen and oxygen atoms in total. The number of carbonyl (C=O) groups excluding carboxylic acids is 1. The SMILES string of the molecule is COc1cc([C@@H](C2CC2)N2CCNCC2)ccc1OC(C)=O.Cl.Cl. The number of hydrogen-bond acceptors (Lipinski definition) is 5. The molecule has 1 aliphatic carbocycles. The lowest BCUT2D eigenvalue weighted by Gasteiger charge is -2.35. The van der Waals surface area contributed by atoms with E-state index in [1.54, 1.807) is 7.11 Å². The Balaban J connectivity index is 0.00000144. The van der Waals surface area contributed by atoms with Crippen molar-refractivity contribution in [2.75, 3.05) is 33.3 Å². The normalized spacial score (nSPS) is 18.8. The topological polar surface area (TPSA) is 50.8 Å². The van der Waals surface area contributed by atoms with Crippen LogP contribution in [0.4, 0.5) is 0 Å². The zero-order valence-corrected chi connectivity index (χ0v) is 15.8. The van der Waals surface area contributed by atoms with Crippen LogP contribution in [0.1, 0.15) is 31.4 Å². The van der Waals surface area contributed by atoms with Crippen molar-refractivity contribution in [3.8, 4) is 11.5 Å². The maximum absolute atomic E-state index is 11.2. The zero-order chi connectivity index (χ0) is 15.5. The van der Waals surface area contributed by atoms with Crippen LogP contribution in [0.25, 0.3) is 0 Å². The van der Waals surface area contributed by atoms with E-state index in [-0.39, 0.29) is 30.8 Å². The van der Waals surface area contributed by atoms with E-state index in [1.807, 2.05) is 12.1 Å². The lowest BCUT2D eigenvalue weighted by Crippen LogP contribution is -2.45. The van der Waals surface area contributed by atoms with E-state index >= 15 is 0 Å². The number of nitrogens with zero attached hydrogens (tertiary/aromatic N) is 1. The quantitative estimate of drug-likeness (QED) is 0.632. The lowest BCUT2D eigenvalue weighted by atomic mass is 9.99. The molecule has 1 aromatic carbocycles. The number of rotatable bonds is 5. The second kappa shape index (κ2) is 9.47. The van der Waals surface area contributed by atoms with E-state index in [2.05, 4.69) is 16.3 Å². The standard InChI is InChI=1S/C17H24N2O3.2ClH/c1-12(20)22-15-6-5-14(11-16(15)21-2)17(13-3-4-13)19-9-7-18-8-10-19;;/h5-6,11,13,17-18H,3-4,7-10H2,1-2H3;2*1H/t17-;;/m1../s1. The second-order valence-corrected chi connectivity index (χ2v) is 6.07. The lowest BCUT2D eigenvalue weighted by molar-refractivity contribution is -0.132. The molecule has 7 heteroatoms. The van der Waals surface area contributed by atoms with Gasteiger partial charge in [-0.15, -0.1) is 24.8 Å². The first-order valence-corrected chi connectivity index (χ1v) is 8.00. The summed E-state index contributed by atoms with van der Waals surface area (Å²) in [6.45, 7) is 5.66. The number of piperazine rings is 1. The molecule has 0 aromatic heterocycles. The third-order valence-electron chi connectivity index (χ3n) is 4.40. The molecule has 0 bridgehead atoms. The highest BCUT2D eigenvalue weighted by molar-refractivity contribution is 5.85. The molecule has 1 saturated carbocycles. The minimum absolute atomic E-state index is 0. The number of carbonyl (C=O) groups is 1. The molecule has 24 heavy (non-hydrogen) atoms. The first-order valence-electron chi connectivity index (χ1n) is 8.00. The molecule has 0 amide bonds. The van der Waals surface area contributed by atoms with Gasteiger partial charge < -0.3 is 14.8 Å². The van der Waals surface area contributed by atoms with Gasteiger partial charge in [0.05, 0.1) is 7.11 Å². The maximum Gasteiger partial charge on any atom is 0.308 e. The van der Waals surface area contributed by atoms with Crippen LogP contribution in [-0.2, 0) is 4.79 Å². The Kier molecular flexibility index (Phi) is 8.30. The van der Waals surface area contributed by atoms with E-state index in [0.29, 0.717) is 17.5 Å². The van der Waals surface area contributed by atoms with Gasteiger partial charge in [0, 0.05) is 39.1 Å². The summed E-state index contributed by atoms with van der Waals surface area (Å²) in [7, 11) is 1.61. The van der Waals surface area contributed by atoms with Crippen LogP contribution >= 0.6 is 24.8 Å². The fourth-order valence-electron chi connectivity index (χ4n) is 3.26. The summed E-state index contributed by atoms with van der Waals surface area (Å²) in [4.78, 5) is 13.7. The summed E-state index contributed by atoms with van der Waals surface area (Å²) in [5, 5.41) is 3.41. The summed E-state index contributed by atoms with van der Waals surface area (Å²) < 4.78 is 10.6. The van der Waals surface area contributed by atoms with Gasteiger partial charge >= 0.3 is 5.97 Å². The van der Waals surface area contributed by atoms with Gasteiger partial charge in [0.1, 0.15) is 0 Å². The van der Waals surface area contributed by atoms with Gasteiger partial charge in [-0.2, -0.15) is 0 Å². The van der Waals surface area contributed by atoms with Gasteiger partial charge in [-0.25, -0.2) is 0 Å². The number of ether oxygens (including phenoxy) is 2. The molecule has 1 saturated heterocycles. The van der Waals surface area contributed by atoms with Crippen molar-refractivity contribution < 1.29 is 14.3 Å². The van der Waals surface area contributed by atoms with Crippen LogP contribution in [-0.4, -0.2) is 44.2 Å². The van der Waals surface area contributed by atoms with Gasteiger partial charge in [-0.1, -0.05) is 6.07 Å². The van der Waals surface area contributed by atoms with E-state index in [1.165, 1.54) is 25.3 Å². The predicted octanol–water partition coefficient (Wildman–Crippen LogP) is 2.82. The largest absolute Gasteiger partial charge is 0.493 e. The van der Waals surface area contributed by atoms with Crippen LogP contribution in [0.15, 0.2) is 18.2 Å². The minimum atomic E-state index is -0.327. The average Bonchev–Trinajstić information content (AvgIpc) is 3.34. The van der Waals surface area contributed by atoms with Crippen molar-refractivity contribution in [1.82, 2.24) is 10.2 Å². The summed E-state index contributed by atoms with van der Waals surface area (Å²) >= 11 is 0. The Morgan fingerprint density at radius 1 is 1.21 bits per heavy atom. The van der Waals surface area contributed by atoms with Crippen molar-refractivity contribution in [3.63, 3.8) is 0 Å². The molecular weight excluding hydrogens is 351 g/mol. The molecule has 2 aliphatic rings. The first-order chi connectivity index (χ1) is 10.7. The van der Waals surface area contributed by atoms with E-state index < -0.39 is 0 Å². The molecule has 0 spiro atoms. The van der Waals surface area contributed by atoms with Crippen molar-refractivity contribution >= 4 is 30.8 Å². The summed E-state index contributed by atoms with van der Waals surface area (Å²) in [5.41, 5.74) is 1.26. The Morgan fingerprint density at radius 2 is 1.88 bits per heavy atom. The molecule has 1 aliphatic heterocycles. The van der Waals surface area contributed by atoms with Crippen LogP contribution in [0.2, 0.25) is 0 Å². The third-order valence-corrected chi connectivity index (χ3v) is 4.40. The van der Waals surface area contributed by atoms with Gasteiger partial charge in [-0.3, -0.25) is 9.69 Å². The van der Waals surface area contributed by atoms with E-state index in [9.17, 15) is 4.79 Å². The highest BCUT2D eigenvalue weighted by atomic mass is 35.5. The van der Waals surface area contributed by atoms with Crippen LogP contribution in [0, 0.1) is 5.92 Å². The van der Waals surface area contributed by atoms with Crippen molar-refractivity contribution in [2.45, 2.75) is 25.8 Å². The van der Waals surface area contributed by atoms with Gasteiger partial charge in [0.2, 0.25) is 0 Å². The molecule has 2 fully saturated rings. The van der Waals surface area contributed by atoms with Crippen LogP contribution in [0.3, 0.4) is 0 Å². The fourth-order valence-corrected chi connectivity index (χ4v) is 3.26. The van der Waals surface area contributed by atoms with Gasteiger partial charge in [-0.05, 0) is 36.5 Å². The Bertz CT molecular complexity index is 547. The number of nitrogens with one attached hydrogen (secondary N) is 1. The zero-order valence-electron chi connectivity index (χ0n) is 14.1. The minimum Gasteiger partial charge on any atom is -0.493 e. The summed E-state index contributed by atoms with van der Waals surface area (Å²) in [5.74, 6) is 1.54. The van der Waals surface area contributed by atoms with Crippen LogP contribution < -0.4 is 14.8 Å². The summed E-state index contributed by atoms with van der Waals surface area (Å²) in [6.07, 6.45) is 2.59. The molecule has 1 atom stereocenters. The molecular formula is C17H26Cl2N2O3. The molecule has 136 valence electrons. The van der Waals surface area contributed by atoms with Crippen LogP contribution in [0.5, 0.6) is 11.5 Å². The number of methoxy groups -OCH3 is 1. The monoisotopic (exact) mass is 376 g/mol. The molecule has 0 radical (unpaired) electrons. The van der Waals surface area contributed by atoms with E-state index in [4.69, 9.17) is 9.47 Å². The Morgan fingerprint density at radius 3 is 2.42 bits per heavy atom. The highest BCUT2D eigenvalue weighted by Crippen LogP contribution is 2.46. The number of benzene rings is 1. The predicted molar refractivity (Wildman–Crippen MR) is 98.7 cm³/mol. The molecule has 3 rings (SSSR count). The van der Waals surface area contributed by atoms with Crippen molar-refractivity contribution in [3.05, 3.63) is 23.8 Å².